The first-order chi connectivity index (χ1) is 5.36. The summed E-state index contributed by atoms with van der Waals surface area (Å²) in [5.74, 6) is 0. The third-order valence-electron chi connectivity index (χ3n) is 1.35. The van der Waals surface area contributed by atoms with Crippen LogP contribution in [0.2, 0.25) is 0 Å². The van der Waals surface area contributed by atoms with Crippen molar-refractivity contribution in [3.63, 3.8) is 0 Å². The van der Waals surface area contributed by atoms with Crippen LogP contribution >= 0.6 is 11.3 Å². The summed E-state index contributed by atoms with van der Waals surface area (Å²) < 4.78 is 0. The number of rotatable bonds is 1. The normalized spacial score (nSPS) is 10.3. The molecule has 2 aromatic rings. The van der Waals surface area contributed by atoms with E-state index in [0.717, 1.165) is 15.7 Å². The molecule has 2 heterocycles. The molecular weight excluding hydrogens is 158 g/mol. The first kappa shape index (κ1) is 6.54. The minimum absolute atomic E-state index is 0.951. The fourth-order valence-electron chi connectivity index (χ4n) is 0.869. The summed E-state index contributed by atoms with van der Waals surface area (Å²) in [6.45, 7) is 1.95. The van der Waals surface area contributed by atoms with Gasteiger partial charge in [-0.25, -0.2) is 0 Å². The quantitative estimate of drug-likeness (QED) is 0.700. The SMILES string of the molecule is Cc1nnc(-c2ccc[nH]2)s1. The van der Waals surface area contributed by atoms with Crippen molar-refractivity contribution in [1.82, 2.24) is 15.2 Å². The Kier molecular flexibility index (Phi) is 1.47. The Morgan fingerprint density at radius 2 is 2.36 bits per heavy atom. The highest BCUT2D eigenvalue weighted by molar-refractivity contribution is 7.14. The number of nitrogens with one attached hydrogen (secondary N) is 1. The molecule has 0 aliphatic rings. The molecule has 0 amide bonds. The average molecular weight is 165 g/mol. The summed E-state index contributed by atoms with van der Waals surface area (Å²) in [4.78, 5) is 3.07. The molecule has 0 spiro atoms. The largest absolute Gasteiger partial charge is 0.359 e. The highest BCUT2D eigenvalue weighted by Gasteiger charge is 2.02. The zero-order valence-corrected chi connectivity index (χ0v) is 6.85. The molecule has 0 aromatic carbocycles. The Morgan fingerprint density at radius 3 is 2.91 bits per heavy atom. The first-order valence-corrected chi connectivity index (χ1v) is 4.12. The van der Waals surface area contributed by atoms with Gasteiger partial charge in [-0.2, -0.15) is 0 Å². The summed E-state index contributed by atoms with van der Waals surface area (Å²) in [5, 5.41) is 9.86. The summed E-state index contributed by atoms with van der Waals surface area (Å²) in [6.07, 6.45) is 1.88. The molecule has 0 bridgehead atoms. The van der Waals surface area contributed by atoms with Crippen LogP contribution in [0.5, 0.6) is 0 Å². The van der Waals surface area contributed by atoms with Crippen molar-refractivity contribution < 1.29 is 0 Å². The van der Waals surface area contributed by atoms with Crippen LogP contribution in [0.4, 0.5) is 0 Å². The average Bonchev–Trinajstić information content (AvgIpc) is 2.55. The van der Waals surface area contributed by atoms with Gasteiger partial charge in [-0.15, -0.1) is 10.2 Å². The van der Waals surface area contributed by atoms with E-state index < -0.39 is 0 Å². The lowest BCUT2D eigenvalue weighted by molar-refractivity contribution is 1.05. The highest BCUT2D eigenvalue weighted by Crippen LogP contribution is 2.20. The van der Waals surface area contributed by atoms with Gasteiger partial charge in [0.1, 0.15) is 5.01 Å². The number of aromatic amines is 1. The zero-order chi connectivity index (χ0) is 7.68. The van der Waals surface area contributed by atoms with E-state index in [1.165, 1.54) is 0 Å². The molecule has 2 rings (SSSR count). The lowest BCUT2D eigenvalue weighted by atomic mass is 10.5. The monoisotopic (exact) mass is 165 g/mol. The maximum Gasteiger partial charge on any atom is 0.164 e. The van der Waals surface area contributed by atoms with Crippen LogP contribution in [0, 0.1) is 6.92 Å². The van der Waals surface area contributed by atoms with Crippen molar-refractivity contribution in [2.45, 2.75) is 6.92 Å². The second kappa shape index (κ2) is 2.47. The smallest absolute Gasteiger partial charge is 0.164 e. The summed E-state index contributed by atoms with van der Waals surface area (Å²) in [7, 11) is 0. The first-order valence-electron chi connectivity index (χ1n) is 3.30. The van der Waals surface area contributed by atoms with Gasteiger partial charge in [0.2, 0.25) is 0 Å². The van der Waals surface area contributed by atoms with Gasteiger partial charge in [-0.1, -0.05) is 11.3 Å². The minimum atomic E-state index is 0.951. The molecule has 0 unspecified atom stereocenters. The van der Waals surface area contributed by atoms with Gasteiger partial charge in [0.05, 0.1) is 5.69 Å². The molecule has 4 heteroatoms. The molecule has 0 saturated heterocycles. The van der Waals surface area contributed by atoms with Crippen LogP contribution in [0.1, 0.15) is 5.01 Å². The lowest BCUT2D eigenvalue weighted by Crippen LogP contribution is -1.74. The number of aromatic nitrogens is 3. The van der Waals surface area contributed by atoms with E-state index in [0.29, 0.717) is 0 Å². The van der Waals surface area contributed by atoms with Gasteiger partial charge in [0.15, 0.2) is 5.01 Å². The summed E-state index contributed by atoms with van der Waals surface area (Å²) >= 11 is 1.59. The van der Waals surface area contributed by atoms with Gasteiger partial charge < -0.3 is 4.98 Å². The standard InChI is InChI=1S/C7H7N3S/c1-5-9-10-7(11-5)6-3-2-4-8-6/h2-4,8H,1H3. The molecule has 0 atom stereocenters. The fourth-order valence-corrected chi connectivity index (χ4v) is 1.55. The van der Waals surface area contributed by atoms with Crippen LogP contribution < -0.4 is 0 Å². The van der Waals surface area contributed by atoms with E-state index in [2.05, 4.69) is 15.2 Å². The van der Waals surface area contributed by atoms with E-state index in [1.807, 2.05) is 25.3 Å². The van der Waals surface area contributed by atoms with Crippen molar-refractivity contribution in [3.05, 3.63) is 23.3 Å². The van der Waals surface area contributed by atoms with E-state index >= 15 is 0 Å². The van der Waals surface area contributed by atoms with Crippen LogP contribution in [0.15, 0.2) is 18.3 Å². The number of aryl methyl sites for hydroxylation is 1. The van der Waals surface area contributed by atoms with Crippen LogP contribution in [-0.2, 0) is 0 Å². The second-order valence-corrected chi connectivity index (χ2v) is 3.39. The van der Waals surface area contributed by atoms with Crippen molar-refractivity contribution >= 4 is 11.3 Å². The summed E-state index contributed by atoms with van der Waals surface area (Å²) in [6, 6.07) is 3.94. The molecule has 56 valence electrons. The van der Waals surface area contributed by atoms with Crippen molar-refractivity contribution in [2.75, 3.05) is 0 Å². The molecule has 0 aliphatic carbocycles. The predicted octanol–water partition coefficient (Wildman–Crippen LogP) is 1.84. The third-order valence-corrected chi connectivity index (χ3v) is 2.23. The topological polar surface area (TPSA) is 41.6 Å². The Morgan fingerprint density at radius 1 is 1.45 bits per heavy atom. The molecule has 0 fully saturated rings. The Hall–Kier alpha value is -1.16. The number of hydrogen-bond donors (Lipinski definition) is 1. The molecule has 0 saturated carbocycles. The molecule has 2 aromatic heterocycles. The van der Waals surface area contributed by atoms with E-state index in [1.54, 1.807) is 11.3 Å². The lowest BCUT2D eigenvalue weighted by Gasteiger charge is -1.84. The van der Waals surface area contributed by atoms with Gasteiger partial charge in [0.25, 0.3) is 0 Å². The molecule has 1 N–H and O–H groups in total. The Bertz CT molecular complexity index is 336. The van der Waals surface area contributed by atoms with Crippen LogP contribution in [0.25, 0.3) is 10.7 Å². The van der Waals surface area contributed by atoms with E-state index in [4.69, 9.17) is 0 Å². The van der Waals surface area contributed by atoms with E-state index in [-0.39, 0.29) is 0 Å². The Labute approximate surface area is 68.1 Å². The van der Waals surface area contributed by atoms with Gasteiger partial charge >= 0.3 is 0 Å². The van der Waals surface area contributed by atoms with Gasteiger partial charge in [-0.3, -0.25) is 0 Å². The minimum Gasteiger partial charge on any atom is -0.359 e. The van der Waals surface area contributed by atoms with Crippen molar-refractivity contribution in [3.8, 4) is 10.7 Å². The molecule has 11 heavy (non-hydrogen) atoms. The second-order valence-electron chi connectivity index (χ2n) is 2.21. The number of H-pyrrole nitrogens is 1. The van der Waals surface area contributed by atoms with Gasteiger partial charge in [0, 0.05) is 6.20 Å². The van der Waals surface area contributed by atoms with Crippen molar-refractivity contribution in [1.29, 1.82) is 0 Å². The van der Waals surface area contributed by atoms with Crippen molar-refractivity contribution in [2.24, 2.45) is 0 Å². The third kappa shape index (κ3) is 1.17. The Balaban J connectivity index is 2.45. The number of nitrogens with zero attached hydrogens (tertiary/aromatic N) is 2. The zero-order valence-electron chi connectivity index (χ0n) is 6.03. The molecule has 0 radical (unpaired) electrons. The van der Waals surface area contributed by atoms with Crippen LogP contribution in [-0.4, -0.2) is 15.2 Å². The summed E-state index contributed by atoms with van der Waals surface area (Å²) in [5.41, 5.74) is 1.04. The molecular formula is C7H7N3S. The van der Waals surface area contributed by atoms with E-state index in [9.17, 15) is 0 Å². The number of hydrogen-bond acceptors (Lipinski definition) is 3. The fraction of sp³-hybridized carbons (Fsp3) is 0.143. The maximum atomic E-state index is 4.00. The molecule has 3 nitrogen and oxygen atoms in total. The maximum absolute atomic E-state index is 4.00. The van der Waals surface area contributed by atoms with Gasteiger partial charge in [-0.05, 0) is 19.1 Å². The highest BCUT2D eigenvalue weighted by atomic mass is 32.1. The molecule has 0 aliphatic heterocycles. The van der Waals surface area contributed by atoms with Crippen LogP contribution in [0.3, 0.4) is 0 Å². The predicted molar refractivity (Wildman–Crippen MR) is 44.4 cm³/mol.